The highest BCUT2D eigenvalue weighted by Crippen LogP contribution is 2.27. The molecule has 0 unspecified atom stereocenters. The number of guanidine groups is 1. The van der Waals surface area contributed by atoms with Gasteiger partial charge in [0.25, 0.3) is 0 Å². The second-order valence-corrected chi connectivity index (χ2v) is 8.14. The number of hydrogen-bond acceptors (Lipinski definition) is 3. The first-order valence-corrected chi connectivity index (χ1v) is 10.2. The molecule has 0 atom stereocenters. The molecule has 0 saturated heterocycles. The van der Waals surface area contributed by atoms with Crippen molar-refractivity contribution in [1.82, 2.24) is 10.0 Å². The second-order valence-electron chi connectivity index (χ2n) is 6.21. The maximum atomic E-state index is 11.7. The maximum absolute atomic E-state index is 11.7. The molecule has 27 heavy (non-hydrogen) atoms. The lowest BCUT2D eigenvalue weighted by Gasteiger charge is -2.22. The molecule has 1 aliphatic heterocycles. The van der Waals surface area contributed by atoms with Gasteiger partial charge < -0.3 is 10.2 Å². The van der Waals surface area contributed by atoms with E-state index in [-0.39, 0.29) is 29.7 Å². The van der Waals surface area contributed by atoms with Crippen LogP contribution in [0.1, 0.15) is 16.7 Å². The summed E-state index contributed by atoms with van der Waals surface area (Å²) in [6.07, 6.45) is 1.01. The van der Waals surface area contributed by atoms with Crippen molar-refractivity contribution in [3.63, 3.8) is 0 Å². The molecule has 0 spiro atoms. The van der Waals surface area contributed by atoms with Crippen LogP contribution in [0.3, 0.4) is 0 Å². The normalized spacial score (nSPS) is 13.9. The van der Waals surface area contributed by atoms with Gasteiger partial charge in [-0.15, -0.1) is 24.0 Å². The number of benzene rings is 2. The minimum Gasteiger partial charge on any atom is -0.352 e. The molecule has 0 aliphatic carbocycles. The van der Waals surface area contributed by atoms with E-state index in [4.69, 9.17) is 0 Å². The molecular weight excluding hydrogens is 475 g/mol. The van der Waals surface area contributed by atoms with E-state index in [1.54, 1.807) is 7.05 Å². The summed E-state index contributed by atoms with van der Waals surface area (Å²) in [5.41, 5.74) is 4.30. The van der Waals surface area contributed by atoms with Crippen LogP contribution >= 0.6 is 24.0 Å². The minimum atomic E-state index is -3.27. The molecule has 2 aromatic carbocycles. The molecule has 6 nitrogen and oxygen atoms in total. The van der Waals surface area contributed by atoms with Crippen molar-refractivity contribution in [3.8, 4) is 0 Å². The van der Waals surface area contributed by atoms with E-state index in [0.717, 1.165) is 30.1 Å². The van der Waals surface area contributed by atoms with Crippen molar-refractivity contribution in [2.75, 3.05) is 25.5 Å². The van der Waals surface area contributed by atoms with Gasteiger partial charge in [-0.25, -0.2) is 13.1 Å². The monoisotopic (exact) mass is 500 g/mol. The lowest BCUT2D eigenvalue weighted by atomic mass is 10.1. The molecule has 0 bridgehead atoms. The van der Waals surface area contributed by atoms with Gasteiger partial charge in [0.1, 0.15) is 0 Å². The van der Waals surface area contributed by atoms with Crippen molar-refractivity contribution >= 4 is 45.6 Å². The number of aliphatic imine (C=N–C) groups is 1. The molecular formula is C19H25IN4O2S. The van der Waals surface area contributed by atoms with E-state index in [1.807, 2.05) is 30.3 Å². The Bertz CT molecular complexity index is 915. The summed E-state index contributed by atoms with van der Waals surface area (Å²) >= 11 is 0. The van der Waals surface area contributed by atoms with Crippen LogP contribution in [-0.4, -0.2) is 35.0 Å². The third kappa shape index (κ3) is 5.43. The summed E-state index contributed by atoms with van der Waals surface area (Å²) in [5, 5.41) is 3.38. The zero-order valence-corrected chi connectivity index (χ0v) is 18.6. The van der Waals surface area contributed by atoms with Gasteiger partial charge in [-0.3, -0.25) is 4.99 Å². The number of sulfonamides is 1. The molecule has 3 rings (SSSR count). The van der Waals surface area contributed by atoms with Gasteiger partial charge in [0.15, 0.2) is 5.96 Å². The van der Waals surface area contributed by atoms with Gasteiger partial charge in [-0.1, -0.05) is 42.5 Å². The quantitative estimate of drug-likeness (QED) is 0.376. The van der Waals surface area contributed by atoms with E-state index >= 15 is 0 Å². The number of fused-ring (bicyclic) bond motifs is 1. The highest BCUT2D eigenvalue weighted by atomic mass is 127. The Labute approximate surface area is 178 Å². The Kier molecular flexibility index (Phi) is 7.63. The summed E-state index contributed by atoms with van der Waals surface area (Å²) in [6, 6.07) is 15.9. The van der Waals surface area contributed by atoms with E-state index < -0.39 is 10.0 Å². The molecule has 8 heteroatoms. The number of para-hydroxylation sites is 1. The number of rotatable bonds is 5. The van der Waals surface area contributed by atoms with Crippen LogP contribution in [0.4, 0.5) is 5.69 Å². The van der Waals surface area contributed by atoms with Crippen LogP contribution < -0.4 is 14.9 Å². The Hall–Kier alpha value is -1.65. The average Bonchev–Trinajstić information content (AvgIpc) is 3.06. The van der Waals surface area contributed by atoms with E-state index in [1.165, 1.54) is 18.3 Å². The van der Waals surface area contributed by atoms with E-state index in [0.29, 0.717) is 6.54 Å². The Morgan fingerprint density at radius 2 is 1.89 bits per heavy atom. The summed E-state index contributed by atoms with van der Waals surface area (Å²) in [4.78, 5) is 6.59. The SMILES string of the molecule is CN=C(NCc1cccc(CS(=O)(=O)NC)c1)N1CCc2ccccc21.I. The molecule has 0 fully saturated rings. The molecule has 0 radical (unpaired) electrons. The summed E-state index contributed by atoms with van der Waals surface area (Å²) < 4.78 is 25.8. The zero-order chi connectivity index (χ0) is 18.6. The first-order valence-electron chi connectivity index (χ1n) is 8.57. The number of nitrogens with zero attached hydrogens (tertiary/aromatic N) is 2. The lowest BCUT2D eigenvalue weighted by molar-refractivity contribution is 0.587. The number of nitrogens with one attached hydrogen (secondary N) is 2. The fraction of sp³-hybridized carbons (Fsp3) is 0.316. The average molecular weight is 500 g/mol. The molecule has 1 aliphatic rings. The van der Waals surface area contributed by atoms with Gasteiger partial charge in [0, 0.05) is 25.8 Å². The fourth-order valence-corrected chi connectivity index (χ4v) is 3.92. The molecule has 0 amide bonds. The van der Waals surface area contributed by atoms with Crippen molar-refractivity contribution < 1.29 is 8.42 Å². The first-order chi connectivity index (χ1) is 12.5. The number of hydrogen-bond donors (Lipinski definition) is 2. The van der Waals surface area contributed by atoms with Crippen LogP contribution in [0.5, 0.6) is 0 Å². The maximum Gasteiger partial charge on any atom is 0.215 e. The van der Waals surface area contributed by atoms with Crippen molar-refractivity contribution in [3.05, 3.63) is 65.2 Å². The second kappa shape index (κ2) is 9.52. The van der Waals surface area contributed by atoms with Crippen LogP contribution in [0.25, 0.3) is 0 Å². The predicted octanol–water partition coefficient (Wildman–Crippen LogP) is 2.49. The molecule has 146 valence electrons. The smallest absolute Gasteiger partial charge is 0.215 e. The van der Waals surface area contributed by atoms with Crippen LogP contribution in [-0.2, 0) is 28.7 Å². The Morgan fingerprint density at radius 1 is 1.15 bits per heavy atom. The van der Waals surface area contributed by atoms with E-state index in [2.05, 4.69) is 38.1 Å². The Morgan fingerprint density at radius 3 is 2.63 bits per heavy atom. The summed E-state index contributed by atoms with van der Waals surface area (Å²) in [5.74, 6) is 0.800. The summed E-state index contributed by atoms with van der Waals surface area (Å²) in [7, 11) is -0.0680. The van der Waals surface area contributed by atoms with Crippen molar-refractivity contribution in [2.24, 2.45) is 4.99 Å². The minimum absolute atomic E-state index is 0. The fourth-order valence-electron chi connectivity index (χ4n) is 3.16. The third-order valence-corrected chi connectivity index (χ3v) is 5.80. The van der Waals surface area contributed by atoms with Gasteiger partial charge in [-0.2, -0.15) is 0 Å². The summed E-state index contributed by atoms with van der Waals surface area (Å²) in [6.45, 7) is 1.48. The van der Waals surface area contributed by atoms with Crippen LogP contribution in [0.2, 0.25) is 0 Å². The van der Waals surface area contributed by atoms with Crippen molar-refractivity contribution in [2.45, 2.75) is 18.7 Å². The first kappa shape index (κ1) is 21.6. The van der Waals surface area contributed by atoms with Gasteiger partial charge >= 0.3 is 0 Å². The number of anilines is 1. The van der Waals surface area contributed by atoms with Crippen LogP contribution in [0.15, 0.2) is 53.5 Å². The van der Waals surface area contributed by atoms with E-state index in [9.17, 15) is 8.42 Å². The highest BCUT2D eigenvalue weighted by molar-refractivity contribution is 14.0. The predicted molar refractivity (Wildman–Crippen MR) is 121 cm³/mol. The third-order valence-electron chi connectivity index (χ3n) is 4.46. The molecule has 2 aromatic rings. The van der Waals surface area contributed by atoms with Gasteiger partial charge in [0.05, 0.1) is 5.75 Å². The molecule has 1 heterocycles. The Balaban J connectivity index is 0.00000261. The zero-order valence-electron chi connectivity index (χ0n) is 15.5. The van der Waals surface area contributed by atoms with Crippen molar-refractivity contribution in [1.29, 1.82) is 0 Å². The topological polar surface area (TPSA) is 73.8 Å². The lowest BCUT2D eigenvalue weighted by Crippen LogP contribution is -2.40. The van der Waals surface area contributed by atoms with Gasteiger partial charge in [-0.05, 0) is 36.2 Å². The van der Waals surface area contributed by atoms with Crippen LogP contribution in [0, 0.1) is 0 Å². The molecule has 2 N–H and O–H groups in total. The number of halogens is 1. The molecule has 0 saturated carbocycles. The molecule has 0 aromatic heterocycles. The highest BCUT2D eigenvalue weighted by Gasteiger charge is 2.22. The standard InChI is InChI=1S/C19H24N4O2S.HI/c1-20-19(23-11-10-17-8-3-4-9-18(17)23)22-13-15-6-5-7-16(12-15)14-26(24,25)21-2;/h3-9,12,21H,10-11,13-14H2,1-2H3,(H,20,22);1H. The van der Waals surface area contributed by atoms with Gasteiger partial charge in [0.2, 0.25) is 10.0 Å². The largest absolute Gasteiger partial charge is 0.352 e.